The minimum Gasteiger partial charge on any atom is -0.456 e. The maximum atomic E-state index is 5.99. The van der Waals surface area contributed by atoms with Gasteiger partial charge in [-0.1, -0.05) is 24.3 Å². The summed E-state index contributed by atoms with van der Waals surface area (Å²) in [7, 11) is 1.96. The van der Waals surface area contributed by atoms with Gasteiger partial charge in [0.2, 0.25) is 0 Å². The number of thioether (sulfide) groups is 1. The van der Waals surface area contributed by atoms with E-state index in [1.54, 1.807) is 11.8 Å². The molecule has 0 heterocycles. The van der Waals surface area contributed by atoms with Crippen LogP contribution in [0.2, 0.25) is 0 Å². The summed E-state index contributed by atoms with van der Waals surface area (Å²) < 4.78 is 5.99. The molecule has 0 aliphatic carbocycles. The third kappa shape index (κ3) is 3.52. The van der Waals surface area contributed by atoms with Crippen LogP contribution in [0.5, 0.6) is 11.5 Å². The third-order valence-electron chi connectivity index (χ3n) is 3.09. The molecule has 0 aliphatic rings. The Kier molecular flexibility index (Phi) is 4.88. The summed E-state index contributed by atoms with van der Waals surface area (Å²) in [6, 6.07) is 16.6. The average molecular weight is 273 g/mol. The van der Waals surface area contributed by atoms with Gasteiger partial charge in [0.05, 0.1) is 0 Å². The highest BCUT2D eigenvalue weighted by Crippen LogP contribution is 2.31. The highest BCUT2D eigenvalue weighted by atomic mass is 32.2. The maximum Gasteiger partial charge on any atom is 0.140 e. The second kappa shape index (κ2) is 6.64. The molecule has 2 nitrogen and oxygen atoms in total. The van der Waals surface area contributed by atoms with Gasteiger partial charge in [0.25, 0.3) is 0 Å². The van der Waals surface area contributed by atoms with Crippen molar-refractivity contribution in [1.82, 2.24) is 5.32 Å². The summed E-state index contributed by atoms with van der Waals surface area (Å²) >= 11 is 1.69. The molecule has 3 heteroatoms. The lowest BCUT2D eigenvalue weighted by Gasteiger charge is -2.13. The van der Waals surface area contributed by atoms with Gasteiger partial charge in [-0.15, -0.1) is 11.8 Å². The number of benzene rings is 2. The molecule has 0 amide bonds. The lowest BCUT2D eigenvalue weighted by atomic mass is 10.1. The maximum absolute atomic E-state index is 5.99. The first-order chi connectivity index (χ1) is 9.24. The molecule has 2 rings (SSSR count). The number of rotatable bonds is 5. The van der Waals surface area contributed by atoms with E-state index in [2.05, 4.69) is 36.7 Å². The monoisotopic (exact) mass is 273 g/mol. The zero-order valence-electron chi connectivity index (χ0n) is 11.5. The van der Waals surface area contributed by atoms with Crippen molar-refractivity contribution >= 4 is 11.8 Å². The van der Waals surface area contributed by atoms with E-state index in [0.717, 1.165) is 16.4 Å². The van der Waals surface area contributed by atoms with Gasteiger partial charge in [0.15, 0.2) is 0 Å². The van der Waals surface area contributed by atoms with Crippen LogP contribution in [0.15, 0.2) is 53.4 Å². The molecule has 0 radical (unpaired) electrons. The molecule has 0 fully saturated rings. The first-order valence-corrected chi connectivity index (χ1v) is 7.55. The molecule has 2 aromatic carbocycles. The van der Waals surface area contributed by atoms with Crippen molar-refractivity contribution in [2.24, 2.45) is 0 Å². The fraction of sp³-hybridized carbons (Fsp3) is 0.250. The second-order valence-electron chi connectivity index (χ2n) is 4.34. The molecule has 0 aromatic heterocycles. The molecule has 1 atom stereocenters. The van der Waals surface area contributed by atoms with E-state index in [4.69, 9.17) is 4.74 Å². The van der Waals surface area contributed by atoms with E-state index in [-0.39, 0.29) is 0 Å². The van der Waals surface area contributed by atoms with Crippen LogP contribution >= 0.6 is 11.8 Å². The largest absolute Gasteiger partial charge is 0.456 e. The zero-order valence-corrected chi connectivity index (χ0v) is 12.3. The van der Waals surface area contributed by atoms with Gasteiger partial charge in [-0.2, -0.15) is 0 Å². The van der Waals surface area contributed by atoms with Crippen LogP contribution < -0.4 is 10.1 Å². The first kappa shape index (κ1) is 14.0. The van der Waals surface area contributed by atoms with Gasteiger partial charge >= 0.3 is 0 Å². The summed E-state index contributed by atoms with van der Waals surface area (Å²) in [6.07, 6.45) is 2.06. The Morgan fingerprint density at radius 1 is 1.11 bits per heavy atom. The van der Waals surface area contributed by atoms with Crippen LogP contribution in [0.25, 0.3) is 0 Å². The Labute approximate surface area is 119 Å². The Balaban J connectivity index is 2.23. The van der Waals surface area contributed by atoms with Crippen molar-refractivity contribution < 1.29 is 4.74 Å². The Bertz CT molecular complexity index is 542. The van der Waals surface area contributed by atoms with Crippen LogP contribution in [-0.2, 0) is 0 Å². The third-order valence-corrected chi connectivity index (χ3v) is 3.87. The number of nitrogens with one attached hydrogen (secondary N) is 1. The average Bonchev–Trinajstić information content (AvgIpc) is 2.47. The van der Waals surface area contributed by atoms with E-state index in [0.29, 0.717) is 6.04 Å². The SMILES string of the molecule is CNC(C)c1cccc(Oc2ccccc2SC)c1. The van der Waals surface area contributed by atoms with Gasteiger partial charge in [-0.05, 0) is 50.1 Å². The van der Waals surface area contributed by atoms with Crippen LogP contribution in [0.1, 0.15) is 18.5 Å². The molecule has 0 spiro atoms. The Hall–Kier alpha value is -1.45. The van der Waals surface area contributed by atoms with Gasteiger partial charge in [0, 0.05) is 10.9 Å². The number of ether oxygens (including phenoxy) is 1. The molecule has 0 saturated carbocycles. The summed E-state index contributed by atoms with van der Waals surface area (Å²) in [5, 5.41) is 3.24. The molecule has 0 bridgehead atoms. The molecule has 1 unspecified atom stereocenters. The molecule has 100 valence electrons. The molecule has 1 N–H and O–H groups in total. The van der Waals surface area contributed by atoms with E-state index < -0.39 is 0 Å². The molecule has 0 aliphatic heterocycles. The molecular weight excluding hydrogens is 254 g/mol. The first-order valence-electron chi connectivity index (χ1n) is 6.32. The van der Waals surface area contributed by atoms with Crippen LogP contribution in [0, 0.1) is 0 Å². The fourth-order valence-electron chi connectivity index (χ4n) is 1.84. The van der Waals surface area contributed by atoms with Crippen molar-refractivity contribution in [3.8, 4) is 11.5 Å². The number of hydrogen-bond acceptors (Lipinski definition) is 3. The highest BCUT2D eigenvalue weighted by molar-refractivity contribution is 7.98. The Morgan fingerprint density at radius 2 is 1.89 bits per heavy atom. The summed E-state index contributed by atoms with van der Waals surface area (Å²) in [6.45, 7) is 2.13. The predicted molar refractivity (Wildman–Crippen MR) is 82.2 cm³/mol. The second-order valence-corrected chi connectivity index (χ2v) is 5.18. The van der Waals surface area contributed by atoms with Crippen LogP contribution in [0.3, 0.4) is 0 Å². The summed E-state index contributed by atoms with van der Waals surface area (Å²) in [5.74, 6) is 1.78. The Morgan fingerprint density at radius 3 is 2.63 bits per heavy atom. The summed E-state index contributed by atoms with van der Waals surface area (Å²) in [5.41, 5.74) is 1.22. The summed E-state index contributed by atoms with van der Waals surface area (Å²) in [4.78, 5) is 1.15. The van der Waals surface area contributed by atoms with Crippen molar-refractivity contribution in [2.45, 2.75) is 17.9 Å². The van der Waals surface area contributed by atoms with Crippen molar-refractivity contribution in [3.63, 3.8) is 0 Å². The smallest absolute Gasteiger partial charge is 0.140 e. The van der Waals surface area contributed by atoms with E-state index in [1.807, 2.05) is 37.4 Å². The molecule has 0 saturated heterocycles. The highest BCUT2D eigenvalue weighted by Gasteiger charge is 2.06. The van der Waals surface area contributed by atoms with Gasteiger partial charge in [-0.25, -0.2) is 0 Å². The number of hydrogen-bond donors (Lipinski definition) is 1. The van der Waals surface area contributed by atoms with E-state index in [1.165, 1.54) is 5.56 Å². The van der Waals surface area contributed by atoms with Gasteiger partial charge in [-0.3, -0.25) is 0 Å². The standard InChI is InChI=1S/C16H19NOS/c1-12(17-2)13-7-6-8-14(11-13)18-15-9-4-5-10-16(15)19-3/h4-12,17H,1-3H3. The van der Waals surface area contributed by atoms with Gasteiger partial charge in [0.1, 0.15) is 11.5 Å². The molecule has 19 heavy (non-hydrogen) atoms. The quantitative estimate of drug-likeness (QED) is 0.811. The van der Waals surface area contributed by atoms with E-state index in [9.17, 15) is 0 Å². The number of para-hydroxylation sites is 1. The molecule has 2 aromatic rings. The lowest BCUT2D eigenvalue weighted by Crippen LogP contribution is -2.12. The normalized spacial score (nSPS) is 12.2. The zero-order chi connectivity index (χ0) is 13.7. The van der Waals surface area contributed by atoms with E-state index >= 15 is 0 Å². The lowest BCUT2D eigenvalue weighted by molar-refractivity contribution is 0.469. The minimum absolute atomic E-state index is 0.319. The van der Waals surface area contributed by atoms with Crippen LogP contribution in [-0.4, -0.2) is 13.3 Å². The van der Waals surface area contributed by atoms with Crippen molar-refractivity contribution in [3.05, 3.63) is 54.1 Å². The topological polar surface area (TPSA) is 21.3 Å². The van der Waals surface area contributed by atoms with Crippen molar-refractivity contribution in [2.75, 3.05) is 13.3 Å². The molecular formula is C16H19NOS. The van der Waals surface area contributed by atoms with Crippen molar-refractivity contribution in [1.29, 1.82) is 0 Å². The predicted octanol–water partition coefficient (Wildman–Crippen LogP) is 4.48. The van der Waals surface area contributed by atoms with Crippen LogP contribution in [0.4, 0.5) is 0 Å². The minimum atomic E-state index is 0.319. The fourth-order valence-corrected chi connectivity index (χ4v) is 2.37. The van der Waals surface area contributed by atoms with Gasteiger partial charge < -0.3 is 10.1 Å².